The van der Waals surface area contributed by atoms with Crippen LogP contribution in [0, 0.1) is 11.3 Å². The molecule has 4 rings (SSSR count). The summed E-state index contributed by atoms with van der Waals surface area (Å²) in [6.45, 7) is 4.85. The number of piperidine rings is 1. The number of nitrogens with zero attached hydrogens (tertiary/aromatic N) is 2. The zero-order valence-electron chi connectivity index (χ0n) is 14.7. The van der Waals surface area contributed by atoms with Gasteiger partial charge in [0.15, 0.2) is 5.76 Å². The summed E-state index contributed by atoms with van der Waals surface area (Å²) >= 11 is 0. The van der Waals surface area contributed by atoms with Crippen molar-refractivity contribution < 1.29 is 14.0 Å². The van der Waals surface area contributed by atoms with Crippen molar-refractivity contribution in [2.24, 2.45) is 16.3 Å². The van der Waals surface area contributed by atoms with Gasteiger partial charge in [-0.2, -0.15) is 0 Å². The molecule has 6 heteroatoms. The summed E-state index contributed by atoms with van der Waals surface area (Å²) in [6.07, 6.45) is 6.89. The molecule has 1 atom stereocenters. The zero-order chi connectivity index (χ0) is 17.4. The molecule has 3 aliphatic rings. The molecule has 1 saturated heterocycles. The molecule has 6 nitrogen and oxygen atoms in total. The van der Waals surface area contributed by atoms with Crippen LogP contribution in [0.3, 0.4) is 0 Å². The summed E-state index contributed by atoms with van der Waals surface area (Å²) in [6, 6.07) is 1.86. The van der Waals surface area contributed by atoms with Gasteiger partial charge in [0.25, 0.3) is 5.91 Å². The Labute approximate surface area is 147 Å². The van der Waals surface area contributed by atoms with Crippen LogP contribution in [0.15, 0.2) is 15.5 Å². The van der Waals surface area contributed by atoms with Crippen LogP contribution in [0.5, 0.6) is 0 Å². The Morgan fingerprint density at radius 3 is 2.96 bits per heavy atom. The number of rotatable bonds is 3. The summed E-state index contributed by atoms with van der Waals surface area (Å²) < 4.78 is 5.67. The molecule has 1 aromatic heterocycles. The van der Waals surface area contributed by atoms with Gasteiger partial charge in [-0.25, -0.2) is 0 Å². The molecule has 1 aliphatic carbocycles. The van der Waals surface area contributed by atoms with Crippen molar-refractivity contribution in [3.8, 4) is 0 Å². The van der Waals surface area contributed by atoms with Gasteiger partial charge in [0, 0.05) is 38.7 Å². The van der Waals surface area contributed by atoms with Gasteiger partial charge in [-0.15, -0.1) is 0 Å². The number of carbonyl (C=O) groups is 2. The highest BCUT2D eigenvalue weighted by Gasteiger charge is 2.54. The number of carbonyl (C=O) groups excluding carboxylic acids is 2. The second-order valence-electron chi connectivity index (χ2n) is 7.62. The third-order valence-corrected chi connectivity index (χ3v) is 6.08. The summed E-state index contributed by atoms with van der Waals surface area (Å²) in [5, 5.41) is 3.03. The lowest BCUT2D eigenvalue weighted by molar-refractivity contribution is -0.130. The van der Waals surface area contributed by atoms with Gasteiger partial charge < -0.3 is 14.6 Å². The van der Waals surface area contributed by atoms with Crippen LogP contribution in [0.2, 0.25) is 0 Å². The Bertz CT molecular complexity index is 713. The second kappa shape index (κ2) is 6.32. The number of amides is 2. The average molecular weight is 343 g/mol. The van der Waals surface area contributed by atoms with Crippen molar-refractivity contribution >= 4 is 18.0 Å². The van der Waals surface area contributed by atoms with Gasteiger partial charge in [0.1, 0.15) is 5.76 Å². The first-order valence-corrected chi connectivity index (χ1v) is 9.24. The fourth-order valence-electron chi connectivity index (χ4n) is 4.27. The third-order valence-electron chi connectivity index (χ3n) is 6.08. The van der Waals surface area contributed by atoms with Crippen LogP contribution in [0.4, 0.5) is 0 Å². The minimum absolute atomic E-state index is 0.135. The fraction of sp³-hybridized carbons (Fsp3) is 0.632. The Kier molecular flexibility index (Phi) is 4.13. The number of aryl methyl sites for hydroxylation is 1. The molecule has 2 aliphatic heterocycles. The van der Waals surface area contributed by atoms with Crippen molar-refractivity contribution in [2.45, 2.75) is 39.0 Å². The monoisotopic (exact) mass is 343 g/mol. The smallest absolute Gasteiger partial charge is 0.287 e. The van der Waals surface area contributed by atoms with Crippen molar-refractivity contribution in [3.63, 3.8) is 0 Å². The Morgan fingerprint density at radius 2 is 2.20 bits per heavy atom. The van der Waals surface area contributed by atoms with Crippen LogP contribution >= 0.6 is 0 Å². The summed E-state index contributed by atoms with van der Waals surface area (Å²) in [5.74, 6) is 1.67. The quantitative estimate of drug-likeness (QED) is 0.912. The van der Waals surface area contributed by atoms with E-state index in [1.165, 1.54) is 0 Å². The van der Waals surface area contributed by atoms with Gasteiger partial charge in [-0.1, -0.05) is 0 Å². The second-order valence-corrected chi connectivity index (χ2v) is 7.62. The van der Waals surface area contributed by atoms with E-state index in [2.05, 4.69) is 10.3 Å². The normalized spacial score (nSPS) is 23.9. The van der Waals surface area contributed by atoms with Gasteiger partial charge in [0.2, 0.25) is 5.91 Å². The summed E-state index contributed by atoms with van der Waals surface area (Å²) in [5.41, 5.74) is 1.41. The number of aliphatic imine (C=N–C) groups is 1. The first-order chi connectivity index (χ1) is 12.1. The van der Waals surface area contributed by atoms with Crippen molar-refractivity contribution in [2.75, 3.05) is 26.2 Å². The summed E-state index contributed by atoms with van der Waals surface area (Å²) in [7, 11) is 0. The maximum atomic E-state index is 12.4. The van der Waals surface area contributed by atoms with E-state index in [1.807, 2.05) is 11.0 Å². The lowest BCUT2D eigenvalue weighted by Gasteiger charge is -2.32. The molecule has 2 fully saturated rings. The van der Waals surface area contributed by atoms with E-state index in [9.17, 15) is 9.59 Å². The standard InChI is InChI=1S/C19H25N3O3/c1-13(23)22-7-4-19(5-8-22)10-15(19)11-21-18(24)16-9-14-3-2-6-20-12-17(14)25-16/h9,12,15H,2-8,10-11H2,1H3,(H,21,24). The third kappa shape index (κ3) is 3.22. The molecule has 134 valence electrons. The van der Waals surface area contributed by atoms with Crippen LogP contribution in [-0.4, -0.2) is 49.1 Å². The molecule has 1 aromatic rings. The number of hydrogen-bond acceptors (Lipinski definition) is 4. The molecule has 0 aromatic carbocycles. The number of likely N-dealkylation sites (tertiary alicyclic amines) is 1. The topological polar surface area (TPSA) is 74.9 Å². The van der Waals surface area contributed by atoms with Crippen LogP contribution < -0.4 is 5.32 Å². The lowest BCUT2D eigenvalue weighted by Crippen LogP contribution is -2.39. The van der Waals surface area contributed by atoms with Gasteiger partial charge in [-0.05, 0) is 49.5 Å². The summed E-state index contributed by atoms with van der Waals surface area (Å²) in [4.78, 5) is 30.0. The van der Waals surface area contributed by atoms with E-state index in [-0.39, 0.29) is 11.8 Å². The van der Waals surface area contributed by atoms with E-state index in [0.29, 0.717) is 23.6 Å². The van der Waals surface area contributed by atoms with E-state index in [4.69, 9.17) is 4.42 Å². The molecule has 1 N–H and O–H groups in total. The largest absolute Gasteiger partial charge is 0.450 e. The van der Waals surface area contributed by atoms with Crippen LogP contribution in [-0.2, 0) is 11.2 Å². The Hall–Kier alpha value is -2.11. The minimum Gasteiger partial charge on any atom is -0.450 e. The van der Waals surface area contributed by atoms with E-state index in [0.717, 1.165) is 63.1 Å². The lowest BCUT2D eigenvalue weighted by atomic mass is 9.91. The molecule has 1 unspecified atom stereocenters. The Balaban J connectivity index is 1.30. The molecule has 25 heavy (non-hydrogen) atoms. The highest BCUT2D eigenvalue weighted by molar-refractivity contribution is 5.93. The molecule has 1 saturated carbocycles. The highest BCUT2D eigenvalue weighted by Crippen LogP contribution is 2.59. The van der Waals surface area contributed by atoms with Gasteiger partial charge >= 0.3 is 0 Å². The molecule has 0 bridgehead atoms. The minimum atomic E-state index is -0.135. The first kappa shape index (κ1) is 16.4. The van der Waals surface area contributed by atoms with Crippen molar-refractivity contribution in [3.05, 3.63) is 23.2 Å². The number of fused-ring (bicyclic) bond motifs is 1. The average Bonchev–Trinajstić information content (AvgIpc) is 3.19. The van der Waals surface area contributed by atoms with E-state index >= 15 is 0 Å². The zero-order valence-corrected chi connectivity index (χ0v) is 14.7. The van der Waals surface area contributed by atoms with Gasteiger partial charge in [0.05, 0.1) is 6.21 Å². The first-order valence-electron chi connectivity index (χ1n) is 9.24. The SMILES string of the molecule is CC(=O)N1CCC2(CC1)CC2CNC(=O)c1cc2c(o1)C=NCCC2. The molecular formula is C19H25N3O3. The highest BCUT2D eigenvalue weighted by atomic mass is 16.4. The molecular weight excluding hydrogens is 318 g/mol. The molecule has 2 amide bonds. The maximum Gasteiger partial charge on any atom is 0.287 e. The number of furan rings is 1. The maximum absolute atomic E-state index is 12.4. The van der Waals surface area contributed by atoms with E-state index < -0.39 is 0 Å². The Morgan fingerprint density at radius 1 is 1.40 bits per heavy atom. The molecule has 3 heterocycles. The fourth-order valence-corrected chi connectivity index (χ4v) is 4.27. The number of hydrogen-bond donors (Lipinski definition) is 1. The van der Waals surface area contributed by atoms with E-state index in [1.54, 1.807) is 13.1 Å². The number of nitrogens with one attached hydrogen (secondary N) is 1. The van der Waals surface area contributed by atoms with Crippen LogP contribution in [0.1, 0.15) is 54.5 Å². The predicted octanol–water partition coefficient (Wildman–Crippen LogP) is 2.02. The molecule has 0 radical (unpaired) electrons. The van der Waals surface area contributed by atoms with Gasteiger partial charge in [-0.3, -0.25) is 14.6 Å². The van der Waals surface area contributed by atoms with Crippen molar-refractivity contribution in [1.82, 2.24) is 10.2 Å². The van der Waals surface area contributed by atoms with Crippen LogP contribution in [0.25, 0.3) is 0 Å². The predicted molar refractivity (Wildman–Crippen MR) is 93.9 cm³/mol. The molecule has 1 spiro atoms. The van der Waals surface area contributed by atoms with Crippen molar-refractivity contribution in [1.29, 1.82) is 0 Å².